The van der Waals surface area contributed by atoms with Gasteiger partial charge < -0.3 is 25.6 Å². The van der Waals surface area contributed by atoms with Gasteiger partial charge in [-0.05, 0) is 38.0 Å². The highest BCUT2D eigenvalue weighted by atomic mass is 19.1. The van der Waals surface area contributed by atoms with Crippen molar-refractivity contribution < 1.29 is 33.7 Å². The van der Waals surface area contributed by atoms with Crippen LogP contribution in [0.3, 0.4) is 0 Å². The summed E-state index contributed by atoms with van der Waals surface area (Å²) in [6, 6.07) is 6.86. The van der Waals surface area contributed by atoms with Crippen molar-refractivity contribution in [1.29, 1.82) is 0 Å². The first kappa shape index (κ1) is 24.8. The zero-order valence-corrected chi connectivity index (χ0v) is 17.6. The number of nitrogens with one attached hydrogen (secondary N) is 2. The highest BCUT2D eigenvalue weighted by molar-refractivity contribution is 5.80. The van der Waals surface area contributed by atoms with Crippen LogP contribution in [-0.2, 0) is 20.9 Å². The number of amides is 2. The normalized spacial score (nSPS) is 19.4. The SMILES string of the molecule is Cc1ccn(CCNC(=O)[C@H]2C[C@H](NC(=O)COc3cccc(F)c3)[C@@H](O)C2)n1.O=CO. The van der Waals surface area contributed by atoms with Crippen LogP contribution in [-0.4, -0.2) is 63.6 Å². The van der Waals surface area contributed by atoms with E-state index >= 15 is 0 Å². The van der Waals surface area contributed by atoms with Crippen molar-refractivity contribution in [2.75, 3.05) is 13.2 Å². The Morgan fingerprint density at radius 1 is 1.34 bits per heavy atom. The fourth-order valence-electron chi connectivity index (χ4n) is 3.36. The number of carboxylic acid groups (broad SMARTS) is 1. The average Bonchev–Trinajstić information content (AvgIpc) is 3.32. The zero-order chi connectivity index (χ0) is 23.5. The number of nitrogens with zero attached hydrogens (tertiary/aromatic N) is 2. The van der Waals surface area contributed by atoms with Gasteiger partial charge in [0.25, 0.3) is 12.4 Å². The Balaban J connectivity index is 0.00000114. The molecular weight excluding hydrogens is 423 g/mol. The Labute approximate surface area is 184 Å². The monoisotopic (exact) mass is 450 g/mol. The number of benzene rings is 1. The molecule has 2 aromatic rings. The Hall–Kier alpha value is -3.47. The van der Waals surface area contributed by atoms with Gasteiger partial charge in [-0.1, -0.05) is 6.07 Å². The summed E-state index contributed by atoms with van der Waals surface area (Å²) in [7, 11) is 0. The quantitative estimate of drug-likeness (QED) is 0.429. The van der Waals surface area contributed by atoms with Gasteiger partial charge in [0.2, 0.25) is 5.91 Å². The number of halogens is 1. The minimum atomic E-state index is -0.808. The molecule has 0 spiro atoms. The van der Waals surface area contributed by atoms with E-state index in [4.69, 9.17) is 14.6 Å². The molecule has 1 fully saturated rings. The van der Waals surface area contributed by atoms with Crippen molar-refractivity contribution in [3.05, 3.63) is 48.0 Å². The second-order valence-corrected chi connectivity index (χ2v) is 7.27. The van der Waals surface area contributed by atoms with Gasteiger partial charge in [-0.15, -0.1) is 0 Å². The molecule has 1 aromatic heterocycles. The number of aryl methyl sites for hydroxylation is 1. The molecule has 0 bridgehead atoms. The van der Waals surface area contributed by atoms with Gasteiger partial charge in [0.05, 0.1) is 24.4 Å². The third-order valence-corrected chi connectivity index (χ3v) is 4.83. The Bertz CT molecular complexity index is 906. The molecule has 1 aromatic carbocycles. The third-order valence-electron chi connectivity index (χ3n) is 4.83. The minimum absolute atomic E-state index is 0.152. The minimum Gasteiger partial charge on any atom is -0.484 e. The van der Waals surface area contributed by atoms with Crippen molar-refractivity contribution in [3.8, 4) is 5.75 Å². The van der Waals surface area contributed by atoms with Gasteiger partial charge >= 0.3 is 0 Å². The lowest BCUT2D eigenvalue weighted by Gasteiger charge is -2.16. The van der Waals surface area contributed by atoms with E-state index in [1.165, 1.54) is 18.2 Å². The molecule has 0 saturated heterocycles. The first-order chi connectivity index (χ1) is 15.3. The first-order valence-electron chi connectivity index (χ1n) is 10.0. The van der Waals surface area contributed by atoms with Crippen molar-refractivity contribution in [2.45, 2.75) is 38.5 Å². The highest BCUT2D eigenvalue weighted by Gasteiger charge is 2.37. The number of aromatic nitrogens is 2. The van der Waals surface area contributed by atoms with Crippen LogP contribution < -0.4 is 15.4 Å². The fourth-order valence-corrected chi connectivity index (χ4v) is 3.36. The molecule has 4 N–H and O–H groups in total. The molecule has 1 aliphatic rings. The number of ether oxygens (including phenoxy) is 1. The maximum absolute atomic E-state index is 13.1. The summed E-state index contributed by atoms with van der Waals surface area (Å²) in [5.41, 5.74) is 0.912. The van der Waals surface area contributed by atoms with E-state index in [0.717, 1.165) is 5.69 Å². The number of hydrogen-bond donors (Lipinski definition) is 4. The van der Waals surface area contributed by atoms with Crippen LogP contribution in [0.25, 0.3) is 0 Å². The fraction of sp³-hybridized carbons (Fsp3) is 0.429. The van der Waals surface area contributed by atoms with E-state index in [2.05, 4.69) is 15.7 Å². The van der Waals surface area contributed by atoms with Crippen molar-refractivity contribution in [2.24, 2.45) is 5.92 Å². The van der Waals surface area contributed by atoms with E-state index in [1.807, 2.05) is 19.2 Å². The molecule has 10 nitrogen and oxygen atoms in total. The van der Waals surface area contributed by atoms with Gasteiger partial charge in [0, 0.05) is 24.7 Å². The lowest BCUT2D eigenvalue weighted by Crippen LogP contribution is -2.42. The molecule has 32 heavy (non-hydrogen) atoms. The Morgan fingerprint density at radius 3 is 2.75 bits per heavy atom. The standard InChI is InChI=1S/C20H25FN4O4.CH2O2/c1-13-5-7-25(24-13)8-6-22-20(28)14-9-17(18(26)10-14)23-19(27)12-29-16-4-2-3-15(21)11-16;2-1-3/h2-5,7,11,14,17-18,26H,6,8-10,12H2,1H3,(H,22,28)(H,23,27);1H,(H,2,3)/t14-,17-,18-;/m0./s1. The second-order valence-electron chi connectivity index (χ2n) is 7.27. The van der Waals surface area contributed by atoms with Crippen LogP contribution in [0, 0.1) is 18.7 Å². The molecule has 1 saturated carbocycles. The number of rotatable bonds is 8. The summed E-state index contributed by atoms with van der Waals surface area (Å²) in [5, 5.41) is 26.9. The number of hydrogen-bond acceptors (Lipinski definition) is 6. The maximum Gasteiger partial charge on any atom is 0.290 e. The van der Waals surface area contributed by atoms with Crippen molar-refractivity contribution in [1.82, 2.24) is 20.4 Å². The summed E-state index contributed by atoms with van der Waals surface area (Å²) in [6.45, 7) is 2.34. The summed E-state index contributed by atoms with van der Waals surface area (Å²) in [6.07, 6.45) is 1.66. The summed E-state index contributed by atoms with van der Waals surface area (Å²) in [5.74, 6) is -1.17. The highest BCUT2D eigenvalue weighted by Crippen LogP contribution is 2.26. The molecule has 11 heteroatoms. The summed E-state index contributed by atoms with van der Waals surface area (Å²) in [4.78, 5) is 32.8. The lowest BCUT2D eigenvalue weighted by atomic mass is 10.1. The molecule has 3 rings (SSSR count). The molecule has 174 valence electrons. The van der Waals surface area contributed by atoms with Gasteiger partial charge in [-0.2, -0.15) is 5.10 Å². The van der Waals surface area contributed by atoms with Crippen LogP contribution in [0.5, 0.6) is 5.75 Å². The smallest absolute Gasteiger partial charge is 0.290 e. The largest absolute Gasteiger partial charge is 0.484 e. The van der Waals surface area contributed by atoms with E-state index < -0.39 is 23.9 Å². The zero-order valence-electron chi connectivity index (χ0n) is 17.6. The van der Waals surface area contributed by atoms with Crippen molar-refractivity contribution in [3.63, 3.8) is 0 Å². The topological polar surface area (TPSA) is 143 Å². The van der Waals surface area contributed by atoms with Crippen LogP contribution in [0.15, 0.2) is 36.5 Å². The van der Waals surface area contributed by atoms with E-state index in [9.17, 15) is 19.1 Å². The predicted molar refractivity (Wildman–Crippen MR) is 111 cm³/mol. The van der Waals surface area contributed by atoms with Gasteiger partial charge in [0.1, 0.15) is 11.6 Å². The van der Waals surface area contributed by atoms with E-state index in [-0.39, 0.29) is 37.1 Å². The molecule has 2 amide bonds. The van der Waals surface area contributed by atoms with Crippen molar-refractivity contribution >= 4 is 18.3 Å². The molecule has 1 heterocycles. The first-order valence-corrected chi connectivity index (χ1v) is 10.0. The Morgan fingerprint density at radius 2 is 2.09 bits per heavy atom. The van der Waals surface area contributed by atoms with E-state index in [0.29, 0.717) is 19.5 Å². The maximum atomic E-state index is 13.1. The number of carbonyl (C=O) groups excluding carboxylic acids is 2. The molecule has 1 aliphatic carbocycles. The Kier molecular flexibility index (Phi) is 9.61. The number of carbonyl (C=O) groups is 3. The van der Waals surface area contributed by atoms with Crippen LogP contribution in [0.1, 0.15) is 18.5 Å². The van der Waals surface area contributed by atoms with Gasteiger partial charge in [0.15, 0.2) is 6.61 Å². The summed E-state index contributed by atoms with van der Waals surface area (Å²) >= 11 is 0. The molecule has 3 atom stereocenters. The average molecular weight is 450 g/mol. The summed E-state index contributed by atoms with van der Waals surface area (Å²) < 4.78 is 20.1. The number of aliphatic hydroxyl groups is 1. The van der Waals surface area contributed by atoms with E-state index in [1.54, 1.807) is 10.7 Å². The molecular formula is C21H27FN4O6. The molecule has 0 aliphatic heterocycles. The van der Waals surface area contributed by atoms with Crippen LogP contribution in [0.2, 0.25) is 0 Å². The molecule has 0 unspecified atom stereocenters. The predicted octanol–water partition coefficient (Wildman–Crippen LogP) is 0.482. The van der Waals surface area contributed by atoms with Crippen LogP contribution in [0.4, 0.5) is 4.39 Å². The van der Waals surface area contributed by atoms with Gasteiger partial charge in [-0.25, -0.2) is 4.39 Å². The third kappa shape index (κ3) is 7.99. The second kappa shape index (κ2) is 12.4. The molecule has 0 radical (unpaired) electrons. The van der Waals surface area contributed by atoms with Crippen LogP contribution >= 0.6 is 0 Å². The number of aliphatic hydroxyl groups excluding tert-OH is 1. The van der Waals surface area contributed by atoms with Gasteiger partial charge in [-0.3, -0.25) is 19.1 Å². The lowest BCUT2D eigenvalue weighted by molar-refractivity contribution is -0.126.